The highest BCUT2D eigenvalue weighted by Gasteiger charge is 2.41. The van der Waals surface area contributed by atoms with E-state index in [0.29, 0.717) is 19.4 Å². The number of carbonyl (C=O) groups excluding carboxylic acids is 1. The van der Waals surface area contributed by atoms with Crippen LogP contribution in [0.1, 0.15) is 46.5 Å². The Hall–Kier alpha value is -2.12. The Bertz CT molecular complexity index is 564. The first-order valence-corrected chi connectivity index (χ1v) is 7.31. The zero-order chi connectivity index (χ0) is 17.0. The van der Waals surface area contributed by atoms with E-state index < -0.39 is 24.0 Å². The van der Waals surface area contributed by atoms with Crippen LogP contribution in [0.4, 0.5) is 13.2 Å². The molecule has 1 aliphatic rings. The predicted molar refractivity (Wildman–Crippen MR) is 75.0 cm³/mol. The molecule has 0 unspecified atom stereocenters. The van der Waals surface area contributed by atoms with Crippen LogP contribution in [-0.2, 0) is 0 Å². The monoisotopic (exact) mass is 330 g/mol. The topological polar surface area (TPSA) is 79.3 Å². The van der Waals surface area contributed by atoms with Crippen LogP contribution in [0.15, 0.2) is 18.3 Å². The predicted octanol–water partition coefficient (Wildman–Crippen LogP) is 2.88. The molecule has 8 heteroatoms. The van der Waals surface area contributed by atoms with E-state index in [1.165, 1.54) is 18.3 Å². The first-order chi connectivity index (χ1) is 10.8. The number of aromatic carboxylic acids is 1. The minimum Gasteiger partial charge on any atom is -0.477 e. The van der Waals surface area contributed by atoms with Gasteiger partial charge in [0.15, 0.2) is 0 Å². The summed E-state index contributed by atoms with van der Waals surface area (Å²) in [5.41, 5.74) is 0.0611. The largest absolute Gasteiger partial charge is 0.477 e. The summed E-state index contributed by atoms with van der Waals surface area (Å²) in [7, 11) is 0. The maximum absolute atomic E-state index is 12.6. The fourth-order valence-corrected chi connectivity index (χ4v) is 2.69. The van der Waals surface area contributed by atoms with Gasteiger partial charge < -0.3 is 10.4 Å². The summed E-state index contributed by atoms with van der Waals surface area (Å²) in [6.07, 6.45) is -1.91. The van der Waals surface area contributed by atoms with Gasteiger partial charge in [0.05, 0.1) is 11.5 Å². The number of halogens is 3. The third kappa shape index (κ3) is 4.67. The molecule has 0 saturated heterocycles. The third-order valence-electron chi connectivity index (χ3n) is 4.11. The SMILES string of the molecule is O=C(NCC1CCC(C(F)(F)F)CC1)c1ccc(C(=O)O)nc1. The van der Waals surface area contributed by atoms with Gasteiger partial charge in [-0.2, -0.15) is 13.2 Å². The van der Waals surface area contributed by atoms with Gasteiger partial charge in [-0.1, -0.05) is 0 Å². The second-order valence-corrected chi connectivity index (χ2v) is 5.71. The van der Waals surface area contributed by atoms with E-state index in [0.717, 1.165) is 0 Å². The van der Waals surface area contributed by atoms with Crippen molar-refractivity contribution in [2.24, 2.45) is 11.8 Å². The Morgan fingerprint density at radius 1 is 1.22 bits per heavy atom. The van der Waals surface area contributed by atoms with Gasteiger partial charge in [-0.15, -0.1) is 0 Å². The molecule has 0 spiro atoms. The number of aromatic nitrogens is 1. The summed E-state index contributed by atoms with van der Waals surface area (Å²) >= 11 is 0. The normalized spacial score (nSPS) is 21.7. The molecule has 0 atom stereocenters. The highest BCUT2D eigenvalue weighted by molar-refractivity contribution is 5.94. The Balaban J connectivity index is 1.80. The average Bonchev–Trinajstić information content (AvgIpc) is 2.52. The average molecular weight is 330 g/mol. The van der Waals surface area contributed by atoms with Crippen LogP contribution in [0, 0.1) is 11.8 Å². The molecule has 1 aromatic rings. The zero-order valence-corrected chi connectivity index (χ0v) is 12.3. The molecule has 1 heterocycles. The van der Waals surface area contributed by atoms with E-state index in [4.69, 9.17) is 5.11 Å². The molecule has 5 nitrogen and oxygen atoms in total. The number of hydrogen-bond donors (Lipinski definition) is 2. The van der Waals surface area contributed by atoms with Crippen molar-refractivity contribution in [2.75, 3.05) is 6.54 Å². The van der Waals surface area contributed by atoms with Gasteiger partial charge in [-0.3, -0.25) is 4.79 Å². The van der Waals surface area contributed by atoms with Gasteiger partial charge in [-0.25, -0.2) is 9.78 Å². The van der Waals surface area contributed by atoms with Crippen molar-refractivity contribution in [1.82, 2.24) is 10.3 Å². The number of pyridine rings is 1. The Kier molecular flexibility index (Phi) is 5.23. The van der Waals surface area contributed by atoms with Crippen molar-refractivity contribution < 1.29 is 27.9 Å². The van der Waals surface area contributed by atoms with Crippen molar-refractivity contribution in [1.29, 1.82) is 0 Å². The minimum atomic E-state index is -4.13. The summed E-state index contributed by atoms with van der Waals surface area (Å²) in [6, 6.07) is 2.58. The van der Waals surface area contributed by atoms with E-state index in [2.05, 4.69) is 10.3 Å². The Morgan fingerprint density at radius 2 is 1.87 bits per heavy atom. The molecule has 1 saturated carbocycles. The summed E-state index contributed by atoms with van der Waals surface area (Å²) in [5, 5.41) is 11.4. The van der Waals surface area contributed by atoms with Crippen molar-refractivity contribution in [3.8, 4) is 0 Å². The van der Waals surface area contributed by atoms with Crippen LogP contribution in [0.3, 0.4) is 0 Å². The van der Waals surface area contributed by atoms with Crippen LogP contribution in [0.2, 0.25) is 0 Å². The van der Waals surface area contributed by atoms with Crippen LogP contribution in [-0.4, -0.2) is 34.7 Å². The molecule has 0 bridgehead atoms. The first-order valence-electron chi connectivity index (χ1n) is 7.31. The van der Waals surface area contributed by atoms with Gasteiger partial charge in [0, 0.05) is 12.7 Å². The molecule has 1 fully saturated rings. The van der Waals surface area contributed by atoms with Gasteiger partial charge in [0.25, 0.3) is 5.91 Å². The second kappa shape index (κ2) is 6.97. The summed E-state index contributed by atoms with van der Waals surface area (Å²) in [5.74, 6) is -2.79. The fraction of sp³-hybridized carbons (Fsp3) is 0.533. The molecule has 1 aromatic heterocycles. The maximum Gasteiger partial charge on any atom is 0.391 e. The van der Waals surface area contributed by atoms with Crippen LogP contribution < -0.4 is 5.32 Å². The third-order valence-corrected chi connectivity index (χ3v) is 4.11. The zero-order valence-electron chi connectivity index (χ0n) is 12.3. The molecule has 0 aliphatic heterocycles. The Labute approximate surface area is 130 Å². The van der Waals surface area contributed by atoms with Crippen LogP contribution >= 0.6 is 0 Å². The number of nitrogens with zero attached hydrogens (tertiary/aromatic N) is 1. The van der Waals surface area contributed by atoms with Crippen molar-refractivity contribution >= 4 is 11.9 Å². The standard InChI is InChI=1S/C15H17F3N2O3/c16-15(17,18)11-4-1-9(2-5-11)7-20-13(21)10-3-6-12(14(22)23)19-8-10/h3,6,8-9,11H,1-2,4-5,7H2,(H,20,21)(H,22,23). The molecule has 23 heavy (non-hydrogen) atoms. The lowest BCUT2D eigenvalue weighted by atomic mass is 9.81. The first kappa shape index (κ1) is 17.2. The highest BCUT2D eigenvalue weighted by Crippen LogP contribution is 2.39. The summed E-state index contributed by atoms with van der Waals surface area (Å²) in [4.78, 5) is 26.2. The smallest absolute Gasteiger partial charge is 0.391 e. The van der Waals surface area contributed by atoms with E-state index >= 15 is 0 Å². The number of alkyl halides is 3. The van der Waals surface area contributed by atoms with Gasteiger partial charge >= 0.3 is 12.1 Å². The maximum atomic E-state index is 12.6. The molecule has 1 aliphatic carbocycles. The number of hydrogen-bond acceptors (Lipinski definition) is 3. The molecular weight excluding hydrogens is 313 g/mol. The van der Waals surface area contributed by atoms with Crippen molar-refractivity contribution in [2.45, 2.75) is 31.9 Å². The second-order valence-electron chi connectivity index (χ2n) is 5.71. The number of carboxylic acid groups (broad SMARTS) is 1. The van der Waals surface area contributed by atoms with Gasteiger partial charge in [0.2, 0.25) is 0 Å². The molecule has 0 aromatic carbocycles. The lowest BCUT2D eigenvalue weighted by Gasteiger charge is -2.29. The number of amides is 1. The van der Waals surface area contributed by atoms with Gasteiger partial charge in [-0.05, 0) is 43.7 Å². The summed E-state index contributed by atoms with van der Waals surface area (Å²) < 4.78 is 37.7. The van der Waals surface area contributed by atoms with E-state index in [1.807, 2.05) is 0 Å². The van der Waals surface area contributed by atoms with E-state index in [1.54, 1.807) is 0 Å². The molecule has 0 radical (unpaired) electrons. The molecule has 126 valence electrons. The molecule has 2 rings (SSSR count). The van der Waals surface area contributed by atoms with E-state index in [-0.39, 0.29) is 30.0 Å². The number of nitrogens with one attached hydrogen (secondary N) is 1. The number of carbonyl (C=O) groups is 2. The quantitative estimate of drug-likeness (QED) is 0.890. The van der Waals surface area contributed by atoms with Crippen LogP contribution in [0.5, 0.6) is 0 Å². The van der Waals surface area contributed by atoms with Crippen molar-refractivity contribution in [3.63, 3.8) is 0 Å². The lowest BCUT2D eigenvalue weighted by molar-refractivity contribution is -0.183. The Morgan fingerprint density at radius 3 is 2.35 bits per heavy atom. The number of carboxylic acids is 1. The number of rotatable bonds is 4. The fourth-order valence-electron chi connectivity index (χ4n) is 2.69. The van der Waals surface area contributed by atoms with E-state index in [9.17, 15) is 22.8 Å². The van der Waals surface area contributed by atoms with Gasteiger partial charge in [0.1, 0.15) is 5.69 Å². The highest BCUT2D eigenvalue weighted by atomic mass is 19.4. The molecular formula is C15H17F3N2O3. The minimum absolute atomic E-state index is 0.0313. The summed E-state index contributed by atoms with van der Waals surface area (Å²) in [6.45, 7) is 0.310. The van der Waals surface area contributed by atoms with Crippen LogP contribution in [0.25, 0.3) is 0 Å². The van der Waals surface area contributed by atoms with Crippen molar-refractivity contribution in [3.05, 3.63) is 29.6 Å². The molecule has 2 N–H and O–H groups in total. The lowest BCUT2D eigenvalue weighted by Crippen LogP contribution is -2.34. The molecule has 1 amide bonds.